The van der Waals surface area contributed by atoms with Gasteiger partial charge in [-0.25, -0.2) is 4.98 Å². The van der Waals surface area contributed by atoms with E-state index in [0.717, 1.165) is 48.5 Å². The Morgan fingerprint density at radius 1 is 1.43 bits per heavy atom. The minimum Gasteiger partial charge on any atom is -0.338 e. The van der Waals surface area contributed by atoms with Crippen LogP contribution in [0.25, 0.3) is 5.65 Å². The number of aryl methyl sites for hydroxylation is 2. The second kappa shape index (κ2) is 5.51. The Morgan fingerprint density at radius 3 is 2.95 bits per heavy atom. The van der Waals surface area contributed by atoms with Crippen molar-refractivity contribution in [3.8, 4) is 0 Å². The van der Waals surface area contributed by atoms with Crippen LogP contribution in [0.4, 0.5) is 0 Å². The summed E-state index contributed by atoms with van der Waals surface area (Å²) < 4.78 is 2.04. The van der Waals surface area contributed by atoms with E-state index in [2.05, 4.69) is 25.8 Å². The second-order valence-electron chi connectivity index (χ2n) is 6.14. The largest absolute Gasteiger partial charge is 0.338 e. The van der Waals surface area contributed by atoms with Crippen LogP contribution in [0.15, 0.2) is 18.3 Å². The van der Waals surface area contributed by atoms with Crippen molar-refractivity contribution in [1.82, 2.24) is 14.3 Å². The van der Waals surface area contributed by atoms with E-state index in [1.807, 2.05) is 27.6 Å². The van der Waals surface area contributed by atoms with Gasteiger partial charge < -0.3 is 9.30 Å². The van der Waals surface area contributed by atoms with Crippen LogP contribution >= 0.6 is 0 Å². The molecule has 0 saturated carbocycles. The number of pyridine rings is 1. The van der Waals surface area contributed by atoms with Gasteiger partial charge in [-0.05, 0) is 44.2 Å². The first-order chi connectivity index (χ1) is 10.1. The minimum atomic E-state index is 0.148. The van der Waals surface area contributed by atoms with Gasteiger partial charge in [-0.15, -0.1) is 0 Å². The summed E-state index contributed by atoms with van der Waals surface area (Å²) in [5, 5.41) is 0. The number of rotatable bonds is 2. The van der Waals surface area contributed by atoms with E-state index in [1.54, 1.807) is 0 Å². The molecular weight excluding hydrogens is 262 g/mol. The lowest BCUT2D eigenvalue weighted by Crippen LogP contribution is -2.39. The first-order valence-corrected chi connectivity index (χ1v) is 7.87. The van der Waals surface area contributed by atoms with Crippen molar-refractivity contribution in [2.75, 3.05) is 13.1 Å². The molecule has 1 aliphatic heterocycles. The van der Waals surface area contributed by atoms with Crippen molar-refractivity contribution >= 4 is 11.6 Å². The van der Waals surface area contributed by atoms with Gasteiger partial charge in [0.1, 0.15) is 5.65 Å². The van der Waals surface area contributed by atoms with Gasteiger partial charge in [-0.3, -0.25) is 4.79 Å². The molecule has 0 bridgehead atoms. The molecule has 0 radical (unpaired) electrons. The first-order valence-electron chi connectivity index (χ1n) is 7.87. The fourth-order valence-electron chi connectivity index (χ4n) is 3.23. The molecule has 112 valence electrons. The number of piperidine rings is 1. The number of amides is 1. The number of imidazole rings is 1. The van der Waals surface area contributed by atoms with Gasteiger partial charge in [0.05, 0.1) is 11.3 Å². The SMILES string of the molecule is CCc1nc2ccc(C(=O)N3CCCC(C)C3)cn2c1C. The minimum absolute atomic E-state index is 0.148. The normalized spacial score (nSPS) is 19.2. The van der Waals surface area contributed by atoms with E-state index >= 15 is 0 Å². The summed E-state index contributed by atoms with van der Waals surface area (Å²) in [7, 11) is 0. The van der Waals surface area contributed by atoms with Crippen LogP contribution in [0.2, 0.25) is 0 Å². The third kappa shape index (κ3) is 2.55. The zero-order valence-electron chi connectivity index (χ0n) is 13.1. The average Bonchev–Trinajstić information content (AvgIpc) is 2.82. The molecule has 21 heavy (non-hydrogen) atoms. The zero-order valence-corrected chi connectivity index (χ0v) is 13.1. The van der Waals surface area contributed by atoms with Crippen LogP contribution < -0.4 is 0 Å². The van der Waals surface area contributed by atoms with Crippen LogP contribution in [-0.2, 0) is 6.42 Å². The van der Waals surface area contributed by atoms with Crippen LogP contribution in [0.3, 0.4) is 0 Å². The van der Waals surface area contributed by atoms with Gasteiger partial charge in [0.2, 0.25) is 0 Å². The Morgan fingerprint density at radius 2 is 2.24 bits per heavy atom. The highest BCUT2D eigenvalue weighted by Crippen LogP contribution is 2.19. The Hall–Kier alpha value is -1.84. The monoisotopic (exact) mass is 285 g/mol. The van der Waals surface area contributed by atoms with Gasteiger partial charge in [0.15, 0.2) is 0 Å². The number of aromatic nitrogens is 2. The van der Waals surface area contributed by atoms with Crippen molar-refractivity contribution in [2.24, 2.45) is 5.92 Å². The van der Waals surface area contributed by atoms with Crippen molar-refractivity contribution in [3.05, 3.63) is 35.3 Å². The third-order valence-corrected chi connectivity index (χ3v) is 4.48. The molecule has 1 unspecified atom stereocenters. The predicted octanol–water partition coefficient (Wildman–Crippen LogP) is 3.08. The highest BCUT2D eigenvalue weighted by Gasteiger charge is 2.22. The molecule has 4 nitrogen and oxygen atoms in total. The van der Waals surface area contributed by atoms with Crippen molar-refractivity contribution in [3.63, 3.8) is 0 Å². The highest BCUT2D eigenvalue weighted by atomic mass is 16.2. The molecule has 1 atom stereocenters. The van der Waals surface area contributed by atoms with Crippen molar-refractivity contribution in [2.45, 2.75) is 40.0 Å². The van der Waals surface area contributed by atoms with Crippen LogP contribution in [0.5, 0.6) is 0 Å². The average molecular weight is 285 g/mol. The maximum absolute atomic E-state index is 12.7. The molecule has 4 heteroatoms. The highest BCUT2D eigenvalue weighted by molar-refractivity contribution is 5.94. The molecule has 2 aromatic heterocycles. The van der Waals surface area contributed by atoms with E-state index < -0.39 is 0 Å². The Balaban J connectivity index is 1.93. The molecule has 3 rings (SSSR count). The first kappa shape index (κ1) is 14.1. The van der Waals surface area contributed by atoms with E-state index in [-0.39, 0.29) is 5.91 Å². The van der Waals surface area contributed by atoms with Crippen LogP contribution in [0.1, 0.15) is 48.4 Å². The number of carbonyl (C=O) groups excluding carboxylic acids is 1. The lowest BCUT2D eigenvalue weighted by Gasteiger charge is -2.31. The lowest BCUT2D eigenvalue weighted by molar-refractivity contribution is 0.0682. The second-order valence-corrected chi connectivity index (χ2v) is 6.14. The van der Waals surface area contributed by atoms with E-state index in [4.69, 9.17) is 0 Å². The molecule has 0 aliphatic carbocycles. The number of nitrogens with zero attached hydrogens (tertiary/aromatic N) is 3. The number of likely N-dealkylation sites (tertiary alicyclic amines) is 1. The quantitative estimate of drug-likeness (QED) is 0.850. The van der Waals surface area contributed by atoms with E-state index in [0.29, 0.717) is 5.92 Å². The Labute approximate surface area is 125 Å². The molecule has 1 saturated heterocycles. The number of carbonyl (C=O) groups is 1. The van der Waals surface area contributed by atoms with Gasteiger partial charge in [-0.1, -0.05) is 13.8 Å². The van der Waals surface area contributed by atoms with Crippen LogP contribution in [-0.4, -0.2) is 33.3 Å². The molecule has 1 aliphatic rings. The van der Waals surface area contributed by atoms with E-state index in [9.17, 15) is 4.79 Å². The molecule has 2 aromatic rings. The fourth-order valence-corrected chi connectivity index (χ4v) is 3.23. The van der Waals surface area contributed by atoms with Gasteiger partial charge in [0.25, 0.3) is 5.91 Å². The number of hydrogen-bond acceptors (Lipinski definition) is 2. The van der Waals surface area contributed by atoms with E-state index in [1.165, 1.54) is 6.42 Å². The summed E-state index contributed by atoms with van der Waals surface area (Å²) in [5.41, 5.74) is 3.92. The maximum atomic E-state index is 12.7. The zero-order chi connectivity index (χ0) is 15.0. The fraction of sp³-hybridized carbons (Fsp3) is 0.529. The van der Waals surface area contributed by atoms with Gasteiger partial charge in [-0.2, -0.15) is 0 Å². The number of hydrogen-bond donors (Lipinski definition) is 0. The maximum Gasteiger partial charge on any atom is 0.255 e. The summed E-state index contributed by atoms with van der Waals surface area (Å²) in [4.78, 5) is 19.3. The topological polar surface area (TPSA) is 37.6 Å². The van der Waals surface area contributed by atoms with Crippen molar-refractivity contribution < 1.29 is 4.79 Å². The smallest absolute Gasteiger partial charge is 0.255 e. The summed E-state index contributed by atoms with van der Waals surface area (Å²) in [5.74, 6) is 0.753. The van der Waals surface area contributed by atoms with Gasteiger partial charge in [0, 0.05) is 25.0 Å². The van der Waals surface area contributed by atoms with Gasteiger partial charge >= 0.3 is 0 Å². The lowest BCUT2D eigenvalue weighted by atomic mass is 10.00. The van der Waals surface area contributed by atoms with Crippen LogP contribution in [0, 0.1) is 12.8 Å². The molecular formula is C17H23N3O. The Bertz CT molecular complexity index is 674. The molecule has 3 heterocycles. The molecule has 0 aromatic carbocycles. The summed E-state index contributed by atoms with van der Waals surface area (Å²) in [6.45, 7) is 8.15. The number of fused-ring (bicyclic) bond motifs is 1. The summed E-state index contributed by atoms with van der Waals surface area (Å²) in [6, 6.07) is 3.86. The molecule has 1 fully saturated rings. The summed E-state index contributed by atoms with van der Waals surface area (Å²) in [6.07, 6.45) is 5.20. The standard InChI is InChI=1S/C17H23N3O/c1-4-15-13(3)20-11-14(7-8-16(20)18-15)17(21)19-9-5-6-12(2)10-19/h7-8,11-12H,4-6,9-10H2,1-3H3. The Kier molecular flexibility index (Phi) is 3.70. The predicted molar refractivity (Wildman–Crippen MR) is 83.6 cm³/mol. The molecule has 1 amide bonds. The molecule has 0 spiro atoms. The summed E-state index contributed by atoms with van der Waals surface area (Å²) >= 11 is 0. The third-order valence-electron chi connectivity index (χ3n) is 4.48. The van der Waals surface area contributed by atoms with Crippen molar-refractivity contribution in [1.29, 1.82) is 0 Å². The molecule has 0 N–H and O–H groups in total.